The fourth-order valence-electron chi connectivity index (χ4n) is 2.69. The zero-order valence-corrected chi connectivity index (χ0v) is 10.1. The first-order valence-electron chi connectivity index (χ1n) is 6.35. The summed E-state index contributed by atoms with van der Waals surface area (Å²) in [7, 11) is 0. The summed E-state index contributed by atoms with van der Waals surface area (Å²) in [4.78, 5) is 24.1. The van der Waals surface area contributed by atoms with Gasteiger partial charge in [-0.2, -0.15) is 0 Å². The fraction of sp³-hybridized carbons (Fsp3) is 0.846. The lowest BCUT2D eigenvalue weighted by Crippen LogP contribution is -2.51. The SMILES string of the molecule is CCOC(=O)C1(C(=O)C2CC2)CC(CC)C1. The lowest BCUT2D eigenvalue weighted by atomic mass is 9.58. The van der Waals surface area contributed by atoms with Gasteiger partial charge in [-0.1, -0.05) is 13.3 Å². The largest absolute Gasteiger partial charge is 0.465 e. The number of rotatable bonds is 5. The van der Waals surface area contributed by atoms with Crippen molar-refractivity contribution < 1.29 is 14.3 Å². The van der Waals surface area contributed by atoms with Crippen molar-refractivity contribution in [2.24, 2.45) is 17.3 Å². The fourth-order valence-corrected chi connectivity index (χ4v) is 2.69. The van der Waals surface area contributed by atoms with Crippen molar-refractivity contribution in [1.29, 1.82) is 0 Å². The molecule has 0 aliphatic heterocycles. The highest BCUT2D eigenvalue weighted by Crippen LogP contribution is 2.53. The number of ketones is 1. The zero-order chi connectivity index (χ0) is 11.8. The Morgan fingerprint density at radius 3 is 2.31 bits per heavy atom. The van der Waals surface area contributed by atoms with Crippen molar-refractivity contribution in [3.63, 3.8) is 0 Å². The van der Waals surface area contributed by atoms with Crippen LogP contribution in [0.4, 0.5) is 0 Å². The van der Waals surface area contributed by atoms with E-state index in [1.807, 2.05) is 0 Å². The molecule has 0 unspecified atom stereocenters. The molecule has 0 aromatic heterocycles. The Kier molecular flexibility index (Phi) is 3.04. The highest BCUT2D eigenvalue weighted by atomic mass is 16.5. The second-order valence-corrected chi connectivity index (χ2v) is 5.12. The molecule has 3 nitrogen and oxygen atoms in total. The van der Waals surface area contributed by atoms with E-state index in [-0.39, 0.29) is 17.7 Å². The van der Waals surface area contributed by atoms with Gasteiger partial charge >= 0.3 is 5.97 Å². The van der Waals surface area contributed by atoms with Crippen molar-refractivity contribution in [3.8, 4) is 0 Å². The molecule has 0 bridgehead atoms. The molecule has 0 N–H and O–H groups in total. The number of hydrogen-bond donors (Lipinski definition) is 0. The lowest BCUT2D eigenvalue weighted by Gasteiger charge is -2.44. The topological polar surface area (TPSA) is 43.4 Å². The smallest absolute Gasteiger partial charge is 0.319 e. The number of carbonyl (C=O) groups is 2. The first-order valence-corrected chi connectivity index (χ1v) is 6.35. The quantitative estimate of drug-likeness (QED) is 0.531. The summed E-state index contributed by atoms with van der Waals surface area (Å²) >= 11 is 0. The van der Waals surface area contributed by atoms with Crippen LogP contribution in [0.5, 0.6) is 0 Å². The Labute approximate surface area is 96.5 Å². The van der Waals surface area contributed by atoms with E-state index in [1.54, 1.807) is 6.92 Å². The Balaban J connectivity index is 2.08. The van der Waals surface area contributed by atoms with E-state index in [1.165, 1.54) is 0 Å². The van der Waals surface area contributed by atoms with Crippen LogP contribution in [0.3, 0.4) is 0 Å². The molecule has 0 atom stereocenters. The number of ether oxygens (including phenoxy) is 1. The molecule has 2 saturated carbocycles. The molecule has 2 aliphatic rings. The second kappa shape index (κ2) is 4.19. The summed E-state index contributed by atoms with van der Waals surface area (Å²) in [6.45, 7) is 4.28. The highest BCUT2D eigenvalue weighted by Gasteiger charge is 2.58. The van der Waals surface area contributed by atoms with Crippen molar-refractivity contribution in [2.45, 2.75) is 46.0 Å². The summed E-state index contributed by atoms with van der Waals surface area (Å²) in [5, 5.41) is 0. The van der Waals surface area contributed by atoms with Gasteiger partial charge in [0.1, 0.15) is 5.41 Å². The van der Waals surface area contributed by atoms with Gasteiger partial charge in [0.2, 0.25) is 0 Å². The Hall–Kier alpha value is -0.860. The van der Waals surface area contributed by atoms with Crippen molar-refractivity contribution in [3.05, 3.63) is 0 Å². The maximum atomic E-state index is 12.2. The minimum atomic E-state index is -0.752. The van der Waals surface area contributed by atoms with Crippen LogP contribution in [0, 0.1) is 17.3 Å². The van der Waals surface area contributed by atoms with Gasteiger partial charge in [0, 0.05) is 5.92 Å². The molecule has 0 spiro atoms. The number of carbonyl (C=O) groups excluding carboxylic acids is 2. The van der Waals surface area contributed by atoms with Crippen LogP contribution in [0.2, 0.25) is 0 Å². The lowest BCUT2D eigenvalue weighted by molar-refractivity contribution is -0.170. The summed E-state index contributed by atoms with van der Waals surface area (Å²) in [5.41, 5.74) is -0.752. The normalized spacial score (nSPS) is 33.0. The Bertz CT molecular complexity index is 298. The maximum absolute atomic E-state index is 12.2. The number of hydrogen-bond acceptors (Lipinski definition) is 3. The van der Waals surface area contributed by atoms with Gasteiger partial charge in [-0.15, -0.1) is 0 Å². The van der Waals surface area contributed by atoms with E-state index >= 15 is 0 Å². The van der Waals surface area contributed by atoms with Gasteiger partial charge < -0.3 is 4.74 Å². The first kappa shape index (κ1) is 11.6. The van der Waals surface area contributed by atoms with E-state index in [9.17, 15) is 9.59 Å². The molecule has 0 aromatic carbocycles. The minimum absolute atomic E-state index is 0.155. The van der Waals surface area contributed by atoms with E-state index in [4.69, 9.17) is 4.74 Å². The maximum Gasteiger partial charge on any atom is 0.319 e. The average Bonchev–Trinajstić information content (AvgIpc) is 3.00. The van der Waals surface area contributed by atoms with Crippen molar-refractivity contribution >= 4 is 11.8 Å². The predicted molar refractivity (Wildman–Crippen MR) is 59.8 cm³/mol. The van der Waals surface area contributed by atoms with E-state index in [2.05, 4.69) is 6.92 Å². The molecule has 0 heterocycles. The molecular formula is C13H20O3. The van der Waals surface area contributed by atoms with Crippen molar-refractivity contribution in [2.75, 3.05) is 6.61 Å². The molecule has 2 rings (SSSR count). The Morgan fingerprint density at radius 1 is 1.25 bits per heavy atom. The monoisotopic (exact) mass is 224 g/mol. The van der Waals surface area contributed by atoms with E-state index < -0.39 is 5.41 Å². The van der Waals surface area contributed by atoms with E-state index in [0.29, 0.717) is 12.5 Å². The molecule has 0 saturated heterocycles. The third-order valence-corrected chi connectivity index (χ3v) is 3.94. The molecule has 3 heteroatoms. The summed E-state index contributed by atoms with van der Waals surface area (Å²) < 4.78 is 5.08. The Morgan fingerprint density at radius 2 is 1.88 bits per heavy atom. The van der Waals surface area contributed by atoms with Crippen LogP contribution >= 0.6 is 0 Å². The average molecular weight is 224 g/mol. The summed E-state index contributed by atoms with van der Waals surface area (Å²) in [6, 6.07) is 0. The first-order chi connectivity index (χ1) is 7.64. The third kappa shape index (κ3) is 1.76. The molecule has 0 amide bonds. The van der Waals surface area contributed by atoms with Crippen LogP contribution < -0.4 is 0 Å². The van der Waals surface area contributed by atoms with Gasteiger partial charge in [-0.05, 0) is 38.5 Å². The third-order valence-electron chi connectivity index (χ3n) is 3.94. The van der Waals surface area contributed by atoms with Gasteiger partial charge in [0.25, 0.3) is 0 Å². The molecule has 2 aliphatic carbocycles. The molecule has 0 radical (unpaired) electrons. The van der Waals surface area contributed by atoms with Crippen LogP contribution in [0.15, 0.2) is 0 Å². The highest BCUT2D eigenvalue weighted by molar-refractivity contribution is 6.06. The second-order valence-electron chi connectivity index (χ2n) is 5.12. The molecular weight excluding hydrogens is 204 g/mol. The minimum Gasteiger partial charge on any atom is -0.465 e. The van der Waals surface area contributed by atoms with Crippen LogP contribution in [-0.2, 0) is 14.3 Å². The molecule has 90 valence electrons. The summed E-state index contributed by atoms with van der Waals surface area (Å²) in [5.74, 6) is 0.585. The molecule has 2 fully saturated rings. The van der Waals surface area contributed by atoms with E-state index in [0.717, 1.165) is 32.1 Å². The summed E-state index contributed by atoms with van der Waals surface area (Å²) in [6.07, 6.45) is 4.43. The van der Waals surface area contributed by atoms with Crippen LogP contribution in [0.25, 0.3) is 0 Å². The zero-order valence-electron chi connectivity index (χ0n) is 10.1. The van der Waals surface area contributed by atoms with Crippen molar-refractivity contribution in [1.82, 2.24) is 0 Å². The standard InChI is InChI=1S/C13H20O3/c1-3-9-7-13(8-9,12(15)16-4-2)11(14)10-5-6-10/h9-10H,3-8H2,1-2H3. The number of Topliss-reactive ketones (excluding diaryl/α,β-unsaturated/α-hetero) is 1. The molecule has 0 aromatic rings. The number of esters is 1. The van der Waals surface area contributed by atoms with Gasteiger partial charge in [0.05, 0.1) is 6.61 Å². The van der Waals surface area contributed by atoms with Gasteiger partial charge in [0.15, 0.2) is 5.78 Å². The van der Waals surface area contributed by atoms with Crippen LogP contribution in [-0.4, -0.2) is 18.4 Å². The van der Waals surface area contributed by atoms with Gasteiger partial charge in [-0.3, -0.25) is 9.59 Å². The molecule has 16 heavy (non-hydrogen) atoms. The van der Waals surface area contributed by atoms with Crippen LogP contribution in [0.1, 0.15) is 46.0 Å². The predicted octanol–water partition coefficient (Wildman–Crippen LogP) is 2.33. The van der Waals surface area contributed by atoms with Gasteiger partial charge in [-0.25, -0.2) is 0 Å².